The number of rotatable bonds is 4. The fourth-order valence-corrected chi connectivity index (χ4v) is 3.34. The molecule has 1 aromatic rings. The third-order valence-corrected chi connectivity index (χ3v) is 4.62. The van der Waals surface area contributed by atoms with Gasteiger partial charge < -0.3 is 25.4 Å². The second kappa shape index (κ2) is 6.72. The van der Waals surface area contributed by atoms with Gasteiger partial charge in [-0.3, -0.25) is 14.4 Å². The average Bonchev–Trinajstić information content (AvgIpc) is 3.02. The van der Waals surface area contributed by atoms with Crippen LogP contribution in [0.4, 0.5) is 0 Å². The maximum absolute atomic E-state index is 12.5. The SMILES string of the molecule is COc1ccccc1C(=O)N[C@H]1C[C@H]2C(=O)N[C@@H]([C@@H](C)O)C(=O)N2C1. The van der Waals surface area contributed by atoms with Crippen LogP contribution in [0.25, 0.3) is 0 Å². The fraction of sp³-hybridized carbons (Fsp3) is 0.471. The predicted octanol–water partition coefficient (Wildman–Crippen LogP) is -0.726. The van der Waals surface area contributed by atoms with E-state index in [2.05, 4.69) is 10.6 Å². The van der Waals surface area contributed by atoms with Crippen LogP contribution < -0.4 is 15.4 Å². The van der Waals surface area contributed by atoms with Crippen LogP contribution in [0, 0.1) is 0 Å². The third kappa shape index (κ3) is 3.17. The summed E-state index contributed by atoms with van der Waals surface area (Å²) in [5.74, 6) is -0.492. The zero-order valence-corrected chi connectivity index (χ0v) is 14.1. The molecule has 8 heteroatoms. The maximum atomic E-state index is 12.5. The first-order chi connectivity index (χ1) is 11.9. The van der Waals surface area contributed by atoms with Gasteiger partial charge in [-0.1, -0.05) is 12.1 Å². The smallest absolute Gasteiger partial charge is 0.255 e. The van der Waals surface area contributed by atoms with E-state index in [4.69, 9.17) is 4.74 Å². The van der Waals surface area contributed by atoms with Crippen molar-refractivity contribution in [2.75, 3.05) is 13.7 Å². The Kier molecular flexibility index (Phi) is 4.63. The molecule has 134 valence electrons. The number of nitrogens with zero attached hydrogens (tertiary/aromatic N) is 1. The number of para-hydroxylation sites is 1. The number of hydrogen-bond acceptors (Lipinski definition) is 5. The zero-order chi connectivity index (χ0) is 18.1. The van der Waals surface area contributed by atoms with Gasteiger partial charge in [0.05, 0.1) is 18.8 Å². The minimum atomic E-state index is -0.973. The third-order valence-electron chi connectivity index (χ3n) is 4.62. The average molecular weight is 347 g/mol. The van der Waals surface area contributed by atoms with Gasteiger partial charge in [0.2, 0.25) is 11.8 Å². The van der Waals surface area contributed by atoms with Crippen molar-refractivity contribution in [3.05, 3.63) is 29.8 Å². The molecule has 0 saturated carbocycles. The molecule has 4 atom stereocenters. The molecule has 1 aromatic carbocycles. The van der Waals surface area contributed by atoms with E-state index >= 15 is 0 Å². The molecule has 0 aromatic heterocycles. The van der Waals surface area contributed by atoms with Crippen LogP contribution in [0.2, 0.25) is 0 Å². The first kappa shape index (κ1) is 17.2. The lowest BCUT2D eigenvalue weighted by molar-refractivity contribution is -0.149. The Balaban J connectivity index is 1.71. The molecule has 2 saturated heterocycles. The number of fused-ring (bicyclic) bond motifs is 1. The van der Waals surface area contributed by atoms with E-state index < -0.39 is 18.2 Å². The van der Waals surface area contributed by atoms with E-state index in [1.807, 2.05) is 0 Å². The molecule has 2 aliphatic heterocycles. The van der Waals surface area contributed by atoms with Crippen molar-refractivity contribution in [1.82, 2.24) is 15.5 Å². The summed E-state index contributed by atoms with van der Waals surface area (Å²) in [6.07, 6.45) is -0.634. The number of hydrogen-bond donors (Lipinski definition) is 3. The van der Waals surface area contributed by atoms with Gasteiger partial charge in [-0.2, -0.15) is 0 Å². The van der Waals surface area contributed by atoms with E-state index in [0.717, 1.165) is 0 Å². The molecule has 0 radical (unpaired) electrons. The molecule has 2 heterocycles. The number of aliphatic hydroxyl groups is 1. The number of piperazine rings is 1. The highest BCUT2D eigenvalue weighted by molar-refractivity contribution is 5.99. The summed E-state index contributed by atoms with van der Waals surface area (Å²) in [4.78, 5) is 38.5. The van der Waals surface area contributed by atoms with Crippen molar-refractivity contribution in [3.8, 4) is 5.75 Å². The van der Waals surface area contributed by atoms with Crippen LogP contribution in [0.15, 0.2) is 24.3 Å². The zero-order valence-electron chi connectivity index (χ0n) is 14.1. The fourth-order valence-electron chi connectivity index (χ4n) is 3.34. The summed E-state index contributed by atoms with van der Waals surface area (Å²) in [6.45, 7) is 1.70. The summed E-state index contributed by atoms with van der Waals surface area (Å²) < 4.78 is 5.18. The van der Waals surface area contributed by atoms with Crippen LogP contribution in [-0.2, 0) is 9.59 Å². The molecular weight excluding hydrogens is 326 g/mol. The highest BCUT2D eigenvalue weighted by atomic mass is 16.5. The minimum Gasteiger partial charge on any atom is -0.496 e. The van der Waals surface area contributed by atoms with E-state index in [-0.39, 0.29) is 30.3 Å². The topological polar surface area (TPSA) is 108 Å². The standard InChI is InChI=1S/C17H21N3O5/c1-9(21)14-17(24)20-8-10(7-12(20)16(23)19-14)18-15(22)11-5-3-4-6-13(11)25-2/h3-6,9-10,12,14,21H,7-8H2,1-2H3,(H,18,22)(H,19,23)/t9-,10+,12+,14+/m1/s1. The molecular formula is C17H21N3O5. The van der Waals surface area contributed by atoms with E-state index in [1.165, 1.54) is 18.9 Å². The van der Waals surface area contributed by atoms with Gasteiger partial charge in [-0.15, -0.1) is 0 Å². The Morgan fingerprint density at radius 3 is 2.80 bits per heavy atom. The van der Waals surface area contributed by atoms with Gasteiger partial charge in [-0.05, 0) is 25.5 Å². The highest BCUT2D eigenvalue weighted by Gasteiger charge is 2.47. The molecule has 3 rings (SSSR count). The van der Waals surface area contributed by atoms with E-state index in [0.29, 0.717) is 17.7 Å². The summed E-state index contributed by atoms with van der Waals surface area (Å²) in [5.41, 5.74) is 0.396. The predicted molar refractivity (Wildman–Crippen MR) is 88.0 cm³/mol. The summed E-state index contributed by atoms with van der Waals surface area (Å²) in [5, 5.41) is 15.1. The molecule has 0 unspecified atom stereocenters. The number of carbonyl (C=O) groups is 3. The second-order valence-electron chi connectivity index (χ2n) is 6.34. The molecule has 25 heavy (non-hydrogen) atoms. The lowest BCUT2D eigenvalue weighted by Crippen LogP contribution is -2.64. The first-order valence-corrected chi connectivity index (χ1v) is 8.15. The molecule has 0 aliphatic carbocycles. The highest BCUT2D eigenvalue weighted by Crippen LogP contribution is 2.24. The molecule has 3 amide bonds. The maximum Gasteiger partial charge on any atom is 0.255 e. The summed E-state index contributed by atoms with van der Waals surface area (Å²) in [6, 6.07) is 4.95. The van der Waals surface area contributed by atoms with Crippen molar-refractivity contribution in [3.63, 3.8) is 0 Å². The van der Waals surface area contributed by atoms with E-state index in [1.54, 1.807) is 24.3 Å². The minimum absolute atomic E-state index is 0.237. The Morgan fingerprint density at radius 1 is 1.40 bits per heavy atom. The van der Waals surface area contributed by atoms with Gasteiger partial charge >= 0.3 is 0 Å². The van der Waals surface area contributed by atoms with Gasteiger partial charge in [0, 0.05) is 12.6 Å². The van der Waals surface area contributed by atoms with Crippen molar-refractivity contribution in [2.45, 2.75) is 37.6 Å². The monoisotopic (exact) mass is 347 g/mol. The number of benzene rings is 1. The summed E-state index contributed by atoms with van der Waals surface area (Å²) in [7, 11) is 1.49. The lowest BCUT2D eigenvalue weighted by atomic mass is 10.0. The van der Waals surface area contributed by atoms with Crippen molar-refractivity contribution in [1.29, 1.82) is 0 Å². The van der Waals surface area contributed by atoms with E-state index in [9.17, 15) is 19.5 Å². The molecule has 2 aliphatic rings. The lowest BCUT2D eigenvalue weighted by Gasteiger charge is -2.35. The quantitative estimate of drug-likeness (QED) is 0.666. The number of methoxy groups -OCH3 is 1. The number of amides is 3. The normalized spacial score (nSPS) is 26.7. The Hall–Kier alpha value is -2.61. The number of carbonyl (C=O) groups excluding carboxylic acids is 3. The second-order valence-corrected chi connectivity index (χ2v) is 6.34. The Labute approximate surface area is 145 Å². The van der Waals surface area contributed by atoms with Crippen molar-refractivity contribution >= 4 is 17.7 Å². The van der Waals surface area contributed by atoms with Crippen molar-refractivity contribution in [2.24, 2.45) is 0 Å². The molecule has 2 fully saturated rings. The van der Waals surface area contributed by atoms with Crippen LogP contribution in [0.5, 0.6) is 5.75 Å². The molecule has 0 spiro atoms. The van der Waals surface area contributed by atoms with Gasteiger partial charge in [-0.25, -0.2) is 0 Å². The largest absolute Gasteiger partial charge is 0.496 e. The Morgan fingerprint density at radius 2 is 2.12 bits per heavy atom. The molecule has 0 bridgehead atoms. The van der Waals surface area contributed by atoms with Crippen LogP contribution in [-0.4, -0.2) is 65.6 Å². The van der Waals surface area contributed by atoms with Crippen LogP contribution in [0.1, 0.15) is 23.7 Å². The van der Waals surface area contributed by atoms with Gasteiger partial charge in [0.25, 0.3) is 5.91 Å². The molecule has 8 nitrogen and oxygen atoms in total. The first-order valence-electron chi connectivity index (χ1n) is 8.15. The van der Waals surface area contributed by atoms with Crippen LogP contribution in [0.3, 0.4) is 0 Å². The van der Waals surface area contributed by atoms with Crippen molar-refractivity contribution < 1.29 is 24.2 Å². The number of nitrogens with one attached hydrogen (secondary N) is 2. The summed E-state index contributed by atoms with van der Waals surface area (Å²) >= 11 is 0. The number of ether oxygens (including phenoxy) is 1. The number of aliphatic hydroxyl groups excluding tert-OH is 1. The molecule has 3 N–H and O–H groups in total. The van der Waals surface area contributed by atoms with Gasteiger partial charge in [0.15, 0.2) is 0 Å². The van der Waals surface area contributed by atoms with Crippen LogP contribution >= 0.6 is 0 Å². The Bertz CT molecular complexity index is 705. The van der Waals surface area contributed by atoms with Gasteiger partial charge in [0.1, 0.15) is 17.8 Å².